The van der Waals surface area contributed by atoms with E-state index in [0.717, 1.165) is 22.4 Å². The summed E-state index contributed by atoms with van der Waals surface area (Å²) in [6.45, 7) is 2.62. The molecule has 0 aliphatic rings. The zero-order valence-electron chi connectivity index (χ0n) is 9.53. The summed E-state index contributed by atoms with van der Waals surface area (Å²) in [5.74, 6) is 0.938. The monoisotopic (exact) mass is 243 g/mol. The number of hydrogen-bond acceptors (Lipinski definition) is 3. The van der Waals surface area contributed by atoms with Crippen molar-refractivity contribution in [2.24, 2.45) is 5.73 Å². The number of nitrogens with one attached hydrogen (secondary N) is 1. The normalized spacial score (nSPS) is 11.2. The molecule has 0 radical (unpaired) electrons. The molecular weight excluding hydrogens is 230 g/mol. The van der Waals surface area contributed by atoms with Crippen LogP contribution in [0.1, 0.15) is 11.1 Å². The lowest BCUT2D eigenvalue weighted by Gasteiger charge is -1.95. The van der Waals surface area contributed by atoms with Crippen molar-refractivity contribution < 1.29 is 0 Å². The van der Waals surface area contributed by atoms with Gasteiger partial charge in [-0.05, 0) is 35.6 Å². The third-order valence-electron chi connectivity index (χ3n) is 2.89. The number of aromatic nitrogens is 2. The number of nitrogens with zero attached hydrogens (tertiary/aromatic N) is 1. The molecule has 3 rings (SSSR count). The van der Waals surface area contributed by atoms with Gasteiger partial charge in [0.25, 0.3) is 0 Å². The minimum Gasteiger partial charge on any atom is -0.337 e. The van der Waals surface area contributed by atoms with E-state index >= 15 is 0 Å². The summed E-state index contributed by atoms with van der Waals surface area (Å²) in [4.78, 5) is 9.22. The van der Waals surface area contributed by atoms with Gasteiger partial charge in [0.15, 0.2) is 0 Å². The van der Waals surface area contributed by atoms with Gasteiger partial charge in [-0.1, -0.05) is 12.1 Å². The van der Waals surface area contributed by atoms with E-state index in [4.69, 9.17) is 5.73 Å². The van der Waals surface area contributed by atoms with Crippen molar-refractivity contribution in [2.45, 2.75) is 13.5 Å². The molecule has 0 atom stereocenters. The number of nitrogens with two attached hydrogens (primary N) is 1. The van der Waals surface area contributed by atoms with Gasteiger partial charge in [0, 0.05) is 6.54 Å². The van der Waals surface area contributed by atoms with E-state index in [-0.39, 0.29) is 0 Å². The molecule has 4 heteroatoms. The largest absolute Gasteiger partial charge is 0.337 e. The van der Waals surface area contributed by atoms with Crippen LogP contribution >= 0.6 is 11.3 Å². The van der Waals surface area contributed by atoms with Crippen molar-refractivity contribution in [3.05, 3.63) is 40.8 Å². The van der Waals surface area contributed by atoms with E-state index in [1.165, 1.54) is 10.4 Å². The molecule has 3 aromatic rings. The third kappa shape index (κ3) is 1.66. The Balaban J connectivity index is 2.24. The lowest BCUT2D eigenvalue weighted by molar-refractivity contribution is 1.08. The number of benzene rings is 1. The lowest BCUT2D eigenvalue weighted by Crippen LogP contribution is -1.96. The van der Waals surface area contributed by atoms with Gasteiger partial charge in [-0.3, -0.25) is 0 Å². The van der Waals surface area contributed by atoms with Crippen LogP contribution in [0.4, 0.5) is 0 Å². The molecule has 86 valence electrons. The molecule has 0 amide bonds. The summed E-state index contributed by atoms with van der Waals surface area (Å²) < 4.78 is 0. The van der Waals surface area contributed by atoms with Gasteiger partial charge in [0.2, 0.25) is 0 Å². The number of aryl methyl sites for hydroxylation is 1. The number of imidazole rings is 1. The fourth-order valence-corrected chi connectivity index (χ4v) is 2.85. The molecule has 1 aromatic carbocycles. The number of hydrogen-bond donors (Lipinski definition) is 2. The summed E-state index contributed by atoms with van der Waals surface area (Å²) in [6.07, 6.45) is 0. The van der Waals surface area contributed by atoms with Crippen LogP contribution in [-0.2, 0) is 6.54 Å². The van der Waals surface area contributed by atoms with Gasteiger partial charge in [-0.25, -0.2) is 4.98 Å². The van der Waals surface area contributed by atoms with E-state index in [1.807, 2.05) is 18.2 Å². The van der Waals surface area contributed by atoms with E-state index in [0.29, 0.717) is 6.54 Å². The second kappa shape index (κ2) is 3.98. The van der Waals surface area contributed by atoms with Crippen molar-refractivity contribution in [3.8, 4) is 10.7 Å². The number of H-pyrrole nitrogens is 1. The van der Waals surface area contributed by atoms with Crippen molar-refractivity contribution >= 4 is 22.4 Å². The van der Waals surface area contributed by atoms with Crippen LogP contribution in [0, 0.1) is 6.92 Å². The maximum absolute atomic E-state index is 5.72. The minimum atomic E-state index is 0.519. The average Bonchev–Trinajstić information content (AvgIpc) is 2.93. The molecule has 3 N–H and O–H groups in total. The molecule has 3 nitrogen and oxygen atoms in total. The second-order valence-corrected chi connectivity index (χ2v) is 4.95. The van der Waals surface area contributed by atoms with Crippen molar-refractivity contribution in [3.63, 3.8) is 0 Å². The smallest absolute Gasteiger partial charge is 0.148 e. The number of aromatic amines is 1. The zero-order chi connectivity index (χ0) is 11.8. The predicted octanol–water partition coefficient (Wildman–Crippen LogP) is 3.06. The number of para-hydroxylation sites is 1. The zero-order valence-corrected chi connectivity index (χ0v) is 10.3. The maximum Gasteiger partial charge on any atom is 0.148 e. The highest BCUT2D eigenvalue weighted by Crippen LogP contribution is 2.29. The molecule has 0 spiro atoms. The average molecular weight is 243 g/mol. The summed E-state index contributed by atoms with van der Waals surface area (Å²) in [5, 5.41) is 2.09. The first kappa shape index (κ1) is 10.5. The first-order chi connectivity index (χ1) is 8.29. The molecule has 0 bridgehead atoms. The van der Waals surface area contributed by atoms with E-state index < -0.39 is 0 Å². The highest BCUT2D eigenvalue weighted by molar-refractivity contribution is 7.13. The Morgan fingerprint density at radius 3 is 2.94 bits per heavy atom. The molecular formula is C13H13N3S. The molecule has 0 aliphatic carbocycles. The number of thiophene rings is 1. The maximum atomic E-state index is 5.72. The SMILES string of the molecule is Cc1ccsc1-c1nc2c(CN)cccc2[nH]1. The lowest BCUT2D eigenvalue weighted by atomic mass is 10.2. The second-order valence-electron chi connectivity index (χ2n) is 4.04. The fourth-order valence-electron chi connectivity index (χ4n) is 1.98. The molecule has 0 saturated heterocycles. The quantitative estimate of drug-likeness (QED) is 0.726. The van der Waals surface area contributed by atoms with Gasteiger partial charge in [0.1, 0.15) is 5.82 Å². The third-order valence-corrected chi connectivity index (χ3v) is 3.92. The standard InChI is InChI=1S/C13H13N3S/c1-8-5-6-17-12(8)13-15-10-4-2-3-9(7-14)11(10)16-13/h2-6H,7,14H2,1H3,(H,15,16). The molecule has 17 heavy (non-hydrogen) atoms. The Kier molecular flexibility index (Phi) is 2.46. The van der Waals surface area contributed by atoms with Crippen LogP contribution in [0.5, 0.6) is 0 Å². The van der Waals surface area contributed by atoms with Crippen LogP contribution in [-0.4, -0.2) is 9.97 Å². The Hall–Kier alpha value is -1.65. The van der Waals surface area contributed by atoms with E-state index in [1.54, 1.807) is 11.3 Å². The van der Waals surface area contributed by atoms with Crippen LogP contribution < -0.4 is 5.73 Å². The number of fused-ring (bicyclic) bond motifs is 1. The molecule has 2 aromatic heterocycles. The van der Waals surface area contributed by atoms with Gasteiger partial charge >= 0.3 is 0 Å². The van der Waals surface area contributed by atoms with Crippen LogP contribution in [0.3, 0.4) is 0 Å². The van der Waals surface area contributed by atoms with Crippen molar-refractivity contribution in [2.75, 3.05) is 0 Å². The van der Waals surface area contributed by atoms with Gasteiger partial charge in [-0.2, -0.15) is 0 Å². The predicted molar refractivity (Wildman–Crippen MR) is 72.0 cm³/mol. The van der Waals surface area contributed by atoms with Crippen molar-refractivity contribution in [1.29, 1.82) is 0 Å². The topological polar surface area (TPSA) is 54.7 Å². The highest BCUT2D eigenvalue weighted by atomic mass is 32.1. The molecule has 0 saturated carbocycles. The van der Waals surface area contributed by atoms with Gasteiger partial charge in [-0.15, -0.1) is 11.3 Å². The van der Waals surface area contributed by atoms with Gasteiger partial charge < -0.3 is 10.7 Å². The Morgan fingerprint density at radius 1 is 1.35 bits per heavy atom. The summed E-state index contributed by atoms with van der Waals surface area (Å²) in [5.41, 5.74) is 10.1. The minimum absolute atomic E-state index is 0.519. The van der Waals surface area contributed by atoms with Crippen molar-refractivity contribution in [1.82, 2.24) is 9.97 Å². The Morgan fingerprint density at radius 2 is 2.24 bits per heavy atom. The summed E-state index contributed by atoms with van der Waals surface area (Å²) in [7, 11) is 0. The first-order valence-corrected chi connectivity index (χ1v) is 6.39. The van der Waals surface area contributed by atoms with Crippen LogP contribution in [0.2, 0.25) is 0 Å². The highest BCUT2D eigenvalue weighted by Gasteiger charge is 2.10. The van der Waals surface area contributed by atoms with Crippen LogP contribution in [0.15, 0.2) is 29.6 Å². The van der Waals surface area contributed by atoms with Crippen LogP contribution in [0.25, 0.3) is 21.7 Å². The molecule has 0 aliphatic heterocycles. The molecule has 0 unspecified atom stereocenters. The fraction of sp³-hybridized carbons (Fsp3) is 0.154. The summed E-state index contributed by atoms with van der Waals surface area (Å²) >= 11 is 1.71. The Labute approximate surface area is 103 Å². The van der Waals surface area contributed by atoms with Gasteiger partial charge in [0.05, 0.1) is 15.9 Å². The molecule has 0 fully saturated rings. The number of rotatable bonds is 2. The van der Waals surface area contributed by atoms with E-state index in [9.17, 15) is 0 Å². The summed E-state index contributed by atoms with van der Waals surface area (Å²) in [6, 6.07) is 8.17. The molecule has 2 heterocycles. The van der Waals surface area contributed by atoms with E-state index in [2.05, 4.69) is 28.3 Å². The Bertz CT molecular complexity index is 666. The first-order valence-electron chi connectivity index (χ1n) is 5.51.